The quantitative estimate of drug-likeness (QED) is 0.270. The molecule has 2 aromatic rings. The summed E-state index contributed by atoms with van der Waals surface area (Å²) in [6.45, 7) is 0.457. The Hall–Kier alpha value is -0.965. The van der Waals surface area contributed by atoms with E-state index in [0.717, 1.165) is 22.2 Å². The van der Waals surface area contributed by atoms with Crippen LogP contribution in [0.3, 0.4) is 0 Å². The minimum atomic E-state index is -6.00. The van der Waals surface area contributed by atoms with Crippen molar-refractivity contribution in [3.05, 3.63) is 35.0 Å². The molecule has 3 nitrogen and oxygen atoms in total. The van der Waals surface area contributed by atoms with Crippen molar-refractivity contribution in [3.8, 4) is 5.75 Å². The fourth-order valence-corrected chi connectivity index (χ4v) is 1.76. The molecule has 0 bridgehead atoms. The molecule has 0 spiro atoms. The van der Waals surface area contributed by atoms with Gasteiger partial charge in [-0.25, -0.2) is 4.98 Å². The number of hydrogen-bond acceptors (Lipinski definition) is 3. The Morgan fingerprint density at radius 1 is 0.781 bits per heavy atom. The number of halogens is 13. The van der Waals surface area contributed by atoms with Crippen molar-refractivity contribution in [3.63, 3.8) is 0 Å². The Bertz CT molecular complexity index is 748. The van der Waals surface area contributed by atoms with Gasteiger partial charge < -0.3 is 61.3 Å². The van der Waals surface area contributed by atoms with Crippen LogP contribution in [0.2, 0.25) is 5.15 Å². The number of hydrogen-bond donors (Lipinski definition) is 0. The molecule has 0 N–H and O–H groups in total. The number of ether oxygens (including phenoxy) is 2. The van der Waals surface area contributed by atoms with Gasteiger partial charge >= 0.3 is 51.3 Å². The van der Waals surface area contributed by atoms with Crippen molar-refractivity contribution in [2.75, 3.05) is 14.2 Å². The van der Waals surface area contributed by atoms with Crippen molar-refractivity contribution in [1.29, 1.82) is 0 Å². The second kappa shape index (κ2) is 15.8. The number of nitrogens with zero attached hydrogens (tertiary/aromatic N) is 1. The summed E-state index contributed by atoms with van der Waals surface area (Å²) in [5.41, 5.74) is 1.73. The second-order valence-corrected chi connectivity index (χ2v) is 5.27. The molecule has 0 aliphatic heterocycles. The third-order valence-electron chi connectivity index (χ3n) is 2.35. The van der Waals surface area contributed by atoms with E-state index in [-0.39, 0.29) is 29.6 Å². The molecule has 0 aliphatic carbocycles. The Kier molecular flexibility index (Phi) is 17.6. The van der Waals surface area contributed by atoms with E-state index < -0.39 is 21.8 Å². The maximum absolute atomic E-state index is 9.75. The van der Waals surface area contributed by atoms with Crippen LogP contribution in [0.1, 0.15) is 5.56 Å². The molecule has 2 rings (SSSR count). The van der Waals surface area contributed by atoms with Crippen LogP contribution in [0.5, 0.6) is 5.75 Å². The predicted molar refractivity (Wildman–Crippen MR) is 102 cm³/mol. The number of pyridine rings is 1. The van der Waals surface area contributed by atoms with E-state index >= 15 is 0 Å². The van der Waals surface area contributed by atoms with Gasteiger partial charge in [0, 0.05) is 18.1 Å². The molecule has 182 valence electrons. The zero-order valence-electron chi connectivity index (χ0n) is 15.4. The molecule has 0 aliphatic rings. The first kappa shape index (κ1) is 35.6. The third-order valence-corrected chi connectivity index (χ3v) is 2.68. The summed E-state index contributed by atoms with van der Waals surface area (Å²) in [7, 11) is -14.7. The minimum absolute atomic E-state index is 0. The first-order valence-corrected chi connectivity index (χ1v) is 7.86. The van der Waals surface area contributed by atoms with Crippen LogP contribution in [-0.4, -0.2) is 70.5 Å². The average molecular weight is 522 g/mol. The first-order chi connectivity index (χ1) is 13.7. The standard InChI is InChI=1S/C12H12ClNO2.3BF4.Na.H/c1-15-7-9-5-8-6-10(16-2)3-4-11(8)14-12(9)13;3*2-1(3,4)5;;/h3-6H,7H2,1-2H3;;;;;/q;3*-1;;. The Morgan fingerprint density at radius 2 is 1.19 bits per heavy atom. The molecule has 0 atom stereocenters. The molecule has 0 saturated carbocycles. The topological polar surface area (TPSA) is 31.4 Å². The summed E-state index contributed by atoms with van der Waals surface area (Å²) in [6.07, 6.45) is 0. The zero-order valence-corrected chi connectivity index (χ0v) is 16.2. The van der Waals surface area contributed by atoms with E-state index in [0.29, 0.717) is 11.8 Å². The van der Waals surface area contributed by atoms with Gasteiger partial charge in [-0.05, 0) is 24.3 Å². The Labute approximate surface area is 201 Å². The molecule has 0 saturated heterocycles. The normalized spacial score (nSPS) is 11.0. The summed E-state index contributed by atoms with van der Waals surface area (Å²) < 4.78 is 127. The molecule has 1 aromatic carbocycles. The molecular formula is C12H13B3ClF12NNaO2-3. The van der Waals surface area contributed by atoms with Gasteiger partial charge in [-0.1, -0.05) is 11.6 Å². The van der Waals surface area contributed by atoms with Crippen molar-refractivity contribution in [1.82, 2.24) is 4.98 Å². The van der Waals surface area contributed by atoms with E-state index in [9.17, 15) is 51.8 Å². The van der Waals surface area contributed by atoms with E-state index in [1.54, 1.807) is 14.2 Å². The van der Waals surface area contributed by atoms with Crippen molar-refractivity contribution < 1.29 is 61.3 Å². The van der Waals surface area contributed by atoms with Gasteiger partial charge in [-0.3, -0.25) is 0 Å². The number of benzene rings is 1. The molecule has 1 heterocycles. The maximum atomic E-state index is 9.75. The third kappa shape index (κ3) is 27.1. The van der Waals surface area contributed by atoms with Gasteiger partial charge in [0.1, 0.15) is 10.9 Å². The summed E-state index contributed by atoms with van der Waals surface area (Å²) in [6, 6.07) is 7.65. The Morgan fingerprint density at radius 3 is 1.53 bits per heavy atom. The van der Waals surface area contributed by atoms with Gasteiger partial charge in [0.05, 0.1) is 19.2 Å². The van der Waals surface area contributed by atoms with E-state index in [2.05, 4.69) is 4.98 Å². The van der Waals surface area contributed by atoms with E-state index in [1.165, 1.54) is 0 Å². The van der Waals surface area contributed by atoms with E-state index in [1.807, 2.05) is 24.3 Å². The molecule has 0 radical (unpaired) electrons. The van der Waals surface area contributed by atoms with Gasteiger partial charge in [0.2, 0.25) is 0 Å². The van der Waals surface area contributed by atoms with Gasteiger partial charge in [0.25, 0.3) is 0 Å². The predicted octanol–water partition coefficient (Wildman–Crippen LogP) is 6.29. The fraction of sp³-hybridized carbons (Fsp3) is 0.250. The monoisotopic (exact) mass is 522 g/mol. The number of aromatic nitrogens is 1. The van der Waals surface area contributed by atoms with Crippen molar-refractivity contribution in [2.45, 2.75) is 6.61 Å². The first-order valence-electron chi connectivity index (χ1n) is 7.48. The molecule has 1 aromatic heterocycles. The van der Waals surface area contributed by atoms with Crippen LogP contribution in [0.25, 0.3) is 10.9 Å². The summed E-state index contributed by atoms with van der Waals surface area (Å²) in [5, 5.41) is 1.48. The molecule has 0 fully saturated rings. The summed E-state index contributed by atoms with van der Waals surface area (Å²) >= 11 is 6.03. The number of methoxy groups -OCH3 is 2. The van der Waals surface area contributed by atoms with Crippen LogP contribution in [-0.2, 0) is 11.3 Å². The Balaban J connectivity index is -0.000000437. The van der Waals surface area contributed by atoms with Crippen LogP contribution in [0.4, 0.5) is 51.8 Å². The second-order valence-electron chi connectivity index (χ2n) is 4.91. The van der Waals surface area contributed by atoms with Gasteiger partial charge in [0.15, 0.2) is 0 Å². The van der Waals surface area contributed by atoms with Crippen LogP contribution in [0.15, 0.2) is 24.3 Å². The molecule has 20 heteroatoms. The fourth-order valence-electron chi connectivity index (χ4n) is 1.56. The summed E-state index contributed by atoms with van der Waals surface area (Å²) in [5.74, 6) is 0.806. The molecule has 0 unspecified atom stereocenters. The SMILES string of the molecule is COCc1cc2cc(OC)ccc2nc1Cl.F[B-](F)(F)F.F[B-](F)(F)F.F[B-](F)(F)F.[NaH]. The van der Waals surface area contributed by atoms with Gasteiger partial charge in [-0.15, -0.1) is 0 Å². The van der Waals surface area contributed by atoms with Crippen molar-refractivity contribution >= 4 is 73.8 Å². The number of fused-ring (bicyclic) bond motifs is 1. The molecule has 32 heavy (non-hydrogen) atoms. The van der Waals surface area contributed by atoms with Crippen LogP contribution >= 0.6 is 11.6 Å². The van der Waals surface area contributed by atoms with Crippen LogP contribution < -0.4 is 4.74 Å². The molecule has 0 amide bonds. The van der Waals surface area contributed by atoms with Crippen molar-refractivity contribution in [2.24, 2.45) is 0 Å². The average Bonchev–Trinajstić information content (AvgIpc) is 2.50. The summed E-state index contributed by atoms with van der Waals surface area (Å²) in [4.78, 5) is 4.30. The zero-order chi connectivity index (χ0) is 25.0. The van der Waals surface area contributed by atoms with Gasteiger partial charge in [-0.2, -0.15) is 0 Å². The molecular weight excluding hydrogens is 509 g/mol. The number of rotatable bonds is 3. The van der Waals surface area contributed by atoms with E-state index in [4.69, 9.17) is 21.1 Å². The van der Waals surface area contributed by atoms with Crippen LogP contribution in [0, 0.1) is 0 Å².